The van der Waals surface area contributed by atoms with Crippen molar-refractivity contribution in [2.45, 2.75) is 13.3 Å². The molecule has 2 aromatic rings. The average Bonchev–Trinajstić information content (AvgIpc) is 2.39. The molecule has 0 bridgehead atoms. The topological polar surface area (TPSA) is 79.3 Å². The Morgan fingerprint density at radius 2 is 2.00 bits per heavy atom. The van der Waals surface area contributed by atoms with Gasteiger partial charge in [-0.2, -0.15) is 0 Å². The maximum atomic E-state index is 11.9. The number of carbonyl (C=O) groups excluding carboxylic acids is 1. The molecule has 1 amide bonds. The van der Waals surface area contributed by atoms with Crippen LogP contribution >= 0.6 is 0 Å². The fraction of sp³-hybridized carbons (Fsp3) is 0.133. The Labute approximate surface area is 116 Å². The first-order chi connectivity index (χ1) is 9.58. The summed E-state index contributed by atoms with van der Waals surface area (Å²) in [6.07, 6.45) is 1.71. The van der Waals surface area contributed by atoms with Crippen LogP contribution in [-0.2, 0) is 11.2 Å². The lowest BCUT2D eigenvalue weighted by Crippen LogP contribution is -2.17. The van der Waals surface area contributed by atoms with E-state index in [1.807, 2.05) is 0 Å². The van der Waals surface area contributed by atoms with Gasteiger partial charge in [0, 0.05) is 11.9 Å². The molecule has 0 saturated carbocycles. The van der Waals surface area contributed by atoms with Crippen molar-refractivity contribution in [3.63, 3.8) is 0 Å². The Balaban J connectivity index is 2.16. The Morgan fingerprint density at radius 1 is 1.20 bits per heavy atom. The van der Waals surface area contributed by atoms with Crippen LogP contribution in [0.3, 0.4) is 0 Å². The minimum atomic E-state index is -1.06. The second kappa shape index (κ2) is 5.97. The first kappa shape index (κ1) is 13.7. The molecule has 20 heavy (non-hydrogen) atoms. The molecule has 5 heteroatoms. The quantitative estimate of drug-likeness (QED) is 0.893. The molecule has 0 saturated heterocycles. The molecule has 0 radical (unpaired) electrons. The highest BCUT2D eigenvalue weighted by Gasteiger charge is 2.15. The number of anilines is 1. The Morgan fingerprint density at radius 3 is 2.65 bits per heavy atom. The maximum Gasteiger partial charge on any atom is 0.338 e. The minimum absolute atomic E-state index is 0.105. The molecule has 0 aliphatic heterocycles. The molecule has 1 aromatic carbocycles. The number of aromatic nitrogens is 1. The lowest BCUT2D eigenvalue weighted by atomic mass is 10.1. The summed E-state index contributed by atoms with van der Waals surface area (Å²) in [7, 11) is 0. The van der Waals surface area contributed by atoms with Gasteiger partial charge in [0.05, 0.1) is 17.7 Å². The summed E-state index contributed by atoms with van der Waals surface area (Å²) in [5, 5.41) is 11.8. The van der Waals surface area contributed by atoms with E-state index in [0.717, 1.165) is 0 Å². The summed E-state index contributed by atoms with van der Waals surface area (Å²) in [6, 6.07) is 10.3. The van der Waals surface area contributed by atoms with Crippen LogP contribution in [0, 0.1) is 6.92 Å². The number of hydrogen-bond donors (Lipinski definition) is 2. The van der Waals surface area contributed by atoms with Gasteiger partial charge in [-0.1, -0.05) is 18.2 Å². The zero-order chi connectivity index (χ0) is 14.5. The Bertz CT molecular complexity index is 639. The Hall–Kier alpha value is -2.69. The number of aryl methyl sites for hydroxylation is 1. The fourth-order valence-electron chi connectivity index (χ4n) is 1.92. The SMILES string of the molecule is Cc1cccc(NC(=O)Cc2ccccn2)c1C(=O)O. The number of nitrogens with zero attached hydrogens (tertiary/aromatic N) is 1. The molecule has 1 heterocycles. The van der Waals surface area contributed by atoms with Crippen LogP contribution < -0.4 is 5.32 Å². The summed E-state index contributed by atoms with van der Waals surface area (Å²) >= 11 is 0. The summed E-state index contributed by atoms with van der Waals surface area (Å²) in [4.78, 5) is 27.2. The van der Waals surface area contributed by atoms with Crippen molar-refractivity contribution in [3.8, 4) is 0 Å². The van der Waals surface area contributed by atoms with Gasteiger partial charge in [-0.25, -0.2) is 4.79 Å². The number of amides is 1. The van der Waals surface area contributed by atoms with Gasteiger partial charge in [-0.05, 0) is 30.7 Å². The van der Waals surface area contributed by atoms with Gasteiger partial charge < -0.3 is 10.4 Å². The highest BCUT2D eigenvalue weighted by atomic mass is 16.4. The number of carboxylic acids is 1. The van der Waals surface area contributed by atoms with Crippen LogP contribution in [0.4, 0.5) is 5.69 Å². The second-order valence-corrected chi connectivity index (χ2v) is 4.35. The number of aromatic carboxylic acids is 1. The number of carbonyl (C=O) groups is 2. The van der Waals surface area contributed by atoms with Crippen LogP contribution in [0.5, 0.6) is 0 Å². The van der Waals surface area contributed by atoms with Crippen molar-refractivity contribution in [2.75, 3.05) is 5.32 Å². The summed E-state index contributed by atoms with van der Waals surface area (Å²) < 4.78 is 0. The monoisotopic (exact) mass is 270 g/mol. The van der Waals surface area contributed by atoms with E-state index in [9.17, 15) is 14.7 Å². The molecule has 0 atom stereocenters. The smallest absolute Gasteiger partial charge is 0.338 e. The van der Waals surface area contributed by atoms with Crippen LogP contribution in [-0.4, -0.2) is 22.0 Å². The van der Waals surface area contributed by atoms with Gasteiger partial charge in [0.25, 0.3) is 0 Å². The molecule has 0 spiro atoms. The largest absolute Gasteiger partial charge is 0.478 e. The molecule has 102 valence electrons. The van der Waals surface area contributed by atoms with Crippen molar-refractivity contribution in [2.24, 2.45) is 0 Å². The lowest BCUT2D eigenvalue weighted by Gasteiger charge is -2.10. The van der Waals surface area contributed by atoms with Crippen LogP contribution in [0.25, 0.3) is 0 Å². The zero-order valence-corrected chi connectivity index (χ0v) is 11.0. The van der Waals surface area contributed by atoms with Crippen molar-refractivity contribution < 1.29 is 14.7 Å². The minimum Gasteiger partial charge on any atom is -0.478 e. The van der Waals surface area contributed by atoms with E-state index in [1.54, 1.807) is 49.5 Å². The third kappa shape index (κ3) is 3.20. The number of pyridine rings is 1. The predicted octanol–water partition coefficient (Wildman–Crippen LogP) is 2.27. The van der Waals surface area contributed by atoms with E-state index in [1.165, 1.54) is 0 Å². The highest BCUT2D eigenvalue weighted by Crippen LogP contribution is 2.19. The fourth-order valence-corrected chi connectivity index (χ4v) is 1.92. The Kier molecular flexibility index (Phi) is 4.10. The number of benzene rings is 1. The third-order valence-electron chi connectivity index (χ3n) is 2.83. The van der Waals surface area contributed by atoms with Crippen molar-refractivity contribution in [1.29, 1.82) is 0 Å². The van der Waals surface area contributed by atoms with E-state index < -0.39 is 5.97 Å². The van der Waals surface area contributed by atoms with Crippen molar-refractivity contribution in [3.05, 3.63) is 59.4 Å². The first-order valence-corrected chi connectivity index (χ1v) is 6.10. The molecular weight excluding hydrogens is 256 g/mol. The van der Waals surface area contributed by atoms with E-state index in [2.05, 4.69) is 10.3 Å². The summed E-state index contributed by atoms with van der Waals surface area (Å²) in [5.74, 6) is -1.35. The third-order valence-corrected chi connectivity index (χ3v) is 2.83. The van der Waals surface area contributed by atoms with Crippen molar-refractivity contribution >= 4 is 17.6 Å². The lowest BCUT2D eigenvalue weighted by molar-refractivity contribution is -0.115. The average molecular weight is 270 g/mol. The standard InChI is InChI=1S/C15H14N2O3/c1-10-5-4-7-12(14(10)15(19)20)17-13(18)9-11-6-2-3-8-16-11/h2-8H,9H2,1H3,(H,17,18)(H,19,20). The summed E-state index contributed by atoms with van der Waals surface area (Å²) in [6.45, 7) is 1.69. The molecule has 0 aliphatic rings. The van der Waals surface area contributed by atoms with E-state index >= 15 is 0 Å². The van der Waals surface area contributed by atoms with E-state index in [0.29, 0.717) is 16.9 Å². The van der Waals surface area contributed by atoms with Gasteiger partial charge in [0.15, 0.2) is 0 Å². The molecular formula is C15H14N2O3. The molecule has 0 unspecified atom stereocenters. The van der Waals surface area contributed by atoms with Gasteiger partial charge in [0.2, 0.25) is 5.91 Å². The number of rotatable bonds is 4. The molecule has 0 aliphatic carbocycles. The molecule has 2 N–H and O–H groups in total. The highest BCUT2D eigenvalue weighted by molar-refractivity contribution is 6.01. The zero-order valence-electron chi connectivity index (χ0n) is 11.0. The maximum absolute atomic E-state index is 11.9. The molecule has 2 rings (SSSR count). The number of hydrogen-bond acceptors (Lipinski definition) is 3. The van der Waals surface area contributed by atoms with Gasteiger partial charge in [0.1, 0.15) is 0 Å². The van der Waals surface area contributed by atoms with Gasteiger partial charge in [-0.15, -0.1) is 0 Å². The first-order valence-electron chi connectivity index (χ1n) is 6.10. The van der Waals surface area contributed by atoms with Crippen LogP contribution in [0.1, 0.15) is 21.6 Å². The predicted molar refractivity (Wildman–Crippen MR) is 74.7 cm³/mol. The second-order valence-electron chi connectivity index (χ2n) is 4.35. The number of carboxylic acid groups (broad SMARTS) is 1. The van der Waals surface area contributed by atoms with E-state index in [4.69, 9.17) is 0 Å². The number of nitrogens with one attached hydrogen (secondary N) is 1. The van der Waals surface area contributed by atoms with Gasteiger partial charge in [-0.3, -0.25) is 9.78 Å². The van der Waals surface area contributed by atoms with Crippen LogP contribution in [0.2, 0.25) is 0 Å². The molecule has 5 nitrogen and oxygen atoms in total. The summed E-state index contributed by atoms with van der Waals surface area (Å²) in [5.41, 5.74) is 1.66. The van der Waals surface area contributed by atoms with Crippen LogP contribution in [0.15, 0.2) is 42.6 Å². The normalized spacial score (nSPS) is 10.1. The van der Waals surface area contributed by atoms with Crippen molar-refractivity contribution in [1.82, 2.24) is 4.98 Å². The molecule has 0 fully saturated rings. The van der Waals surface area contributed by atoms with E-state index in [-0.39, 0.29) is 17.9 Å². The molecule has 1 aromatic heterocycles. The van der Waals surface area contributed by atoms with Gasteiger partial charge >= 0.3 is 5.97 Å².